The van der Waals surface area contributed by atoms with E-state index in [4.69, 9.17) is 0 Å². The van der Waals surface area contributed by atoms with Crippen LogP contribution in [0.1, 0.15) is 60.8 Å². The number of aliphatic hydroxyl groups excluding tert-OH is 1. The Kier molecular flexibility index (Phi) is 4.62. The Morgan fingerprint density at radius 1 is 1.29 bits per heavy atom. The number of aliphatic hydroxyl groups is 1. The van der Waals surface area contributed by atoms with E-state index in [0.29, 0.717) is 17.8 Å². The van der Waals surface area contributed by atoms with Crippen LogP contribution in [0.15, 0.2) is 12.2 Å². The maximum Gasteiger partial charge on any atom is 0.0588 e. The van der Waals surface area contributed by atoms with Gasteiger partial charge in [-0.05, 0) is 50.9 Å². The molecule has 0 unspecified atom stereocenters. The molecule has 0 aromatic heterocycles. The van der Waals surface area contributed by atoms with E-state index in [9.17, 15) is 5.11 Å². The number of hydrogen-bond donors (Lipinski definition) is 1. The van der Waals surface area contributed by atoms with E-state index >= 15 is 0 Å². The Labute approximate surface area is 131 Å². The topological polar surface area (TPSA) is 23.5 Å². The van der Waals surface area contributed by atoms with Crippen LogP contribution in [0.2, 0.25) is 0 Å². The Hall–Kier alpha value is -0.340. The fraction of sp³-hybridized carbons (Fsp3) is 0.895. The molecule has 2 rings (SSSR count). The molecular weight excluding hydrogens is 258 g/mol. The van der Waals surface area contributed by atoms with E-state index in [-0.39, 0.29) is 17.1 Å². The lowest BCUT2D eigenvalue weighted by Crippen LogP contribution is -2.54. The summed E-state index contributed by atoms with van der Waals surface area (Å²) in [5.74, 6) is 1.63. The minimum atomic E-state index is -0.143. The number of nitrogens with zero attached hydrogens (tertiary/aromatic N) is 1. The van der Waals surface area contributed by atoms with Gasteiger partial charge in [-0.3, -0.25) is 4.90 Å². The molecule has 1 heterocycles. The smallest absolute Gasteiger partial charge is 0.0588 e. The predicted molar refractivity (Wildman–Crippen MR) is 90.2 cm³/mol. The van der Waals surface area contributed by atoms with E-state index in [1.54, 1.807) is 0 Å². The van der Waals surface area contributed by atoms with Crippen LogP contribution in [0.3, 0.4) is 0 Å². The molecule has 2 aliphatic rings. The lowest BCUT2D eigenvalue weighted by molar-refractivity contribution is -0.0395. The zero-order valence-electron chi connectivity index (χ0n) is 14.9. The average Bonchev–Trinajstić information content (AvgIpc) is 2.65. The summed E-state index contributed by atoms with van der Waals surface area (Å²) in [6.07, 6.45) is 3.24. The Bertz CT molecular complexity index is 398. The minimum Gasteiger partial charge on any atom is -0.393 e. The van der Waals surface area contributed by atoms with Gasteiger partial charge in [-0.2, -0.15) is 0 Å². The highest BCUT2D eigenvalue weighted by atomic mass is 16.3. The van der Waals surface area contributed by atoms with Gasteiger partial charge in [0.1, 0.15) is 0 Å². The number of likely N-dealkylation sites (tertiary alicyclic amines) is 1. The molecule has 0 aromatic carbocycles. The predicted octanol–water partition coefficient (Wildman–Crippen LogP) is 4.10. The van der Waals surface area contributed by atoms with Gasteiger partial charge in [0.15, 0.2) is 0 Å². The van der Waals surface area contributed by atoms with Gasteiger partial charge in [0.2, 0.25) is 0 Å². The first kappa shape index (κ1) is 17.0. The van der Waals surface area contributed by atoms with Crippen LogP contribution >= 0.6 is 0 Å². The summed E-state index contributed by atoms with van der Waals surface area (Å²) >= 11 is 0. The Balaban J connectivity index is 2.15. The van der Waals surface area contributed by atoms with Crippen molar-refractivity contribution >= 4 is 0 Å². The molecule has 1 N–H and O–H groups in total. The van der Waals surface area contributed by atoms with Gasteiger partial charge >= 0.3 is 0 Å². The third kappa shape index (κ3) is 3.22. The molecule has 0 bridgehead atoms. The van der Waals surface area contributed by atoms with Crippen molar-refractivity contribution in [3.8, 4) is 0 Å². The van der Waals surface area contributed by atoms with E-state index < -0.39 is 0 Å². The standard InChI is InChI=1S/C19H35NO/c1-13(2)16-11-20(12-18(16,4)5)19(6,7)15-9-8-14(3)10-17(15)21/h14-17,21H,1,8-12H2,2-7H3/t14-,15-,16-,17-/m1/s1. The molecular formula is C19H35NO. The summed E-state index contributed by atoms with van der Waals surface area (Å²) in [6.45, 7) is 20.3. The third-order valence-corrected chi connectivity index (χ3v) is 6.34. The molecule has 2 heteroatoms. The highest BCUT2D eigenvalue weighted by molar-refractivity contribution is 5.11. The first-order valence-electron chi connectivity index (χ1n) is 8.64. The maximum absolute atomic E-state index is 10.6. The zero-order valence-corrected chi connectivity index (χ0v) is 14.9. The van der Waals surface area contributed by atoms with Crippen molar-refractivity contribution in [2.75, 3.05) is 13.1 Å². The lowest BCUT2D eigenvalue weighted by Gasteiger charge is -2.47. The summed E-state index contributed by atoms with van der Waals surface area (Å²) in [5, 5.41) is 10.6. The van der Waals surface area contributed by atoms with Crippen molar-refractivity contribution in [1.82, 2.24) is 4.90 Å². The molecule has 0 radical (unpaired) electrons. The van der Waals surface area contributed by atoms with Crippen LogP contribution in [0.25, 0.3) is 0 Å². The van der Waals surface area contributed by atoms with Crippen molar-refractivity contribution in [3.05, 3.63) is 12.2 Å². The second-order valence-corrected chi connectivity index (χ2v) is 9.01. The molecule has 1 aliphatic carbocycles. The van der Waals surface area contributed by atoms with E-state index in [0.717, 1.165) is 25.9 Å². The molecule has 1 saturated carbocycles. The molecule has 1 saturated heterocycles. The van der Waals surface area contributed by atoms with Crippen molar-refractivity contribution in [2.24, 2.45) is 23.2 Å². The molecule has 0 amide bonds. The van der Waals surface area contributed by atoms with Gasteiger partial charge in [-0.15, -0.1) is 0 Å². The molecule has 1 aliphatic heterocycles. The first-order chi connectivity index (χ1) is 9.55. The first-order valence-corrected chi connectivity index (χ1v) is 8.64. The summed E-state index contributed by atoms with van der Waals surface area (Å²) in [6, 6.07) is 0. The van der Waals surface area contributed by atoms with Crippen LogP contribution in [0.5, 0.6) is 0 Å². The van der Waals surface area contributed by atoms with Crippen LogP contribution in [-0.2, 0) is 0 Å². The third-order valence-electron chi connectivity index (χ3n) is 6.34. The summed E-state index contributed by atoms with van der Waals surface area (Å²) in [7, 11) is 0. The van der Waals surface area contributed by atoms with Gasteiger partial charge in [-0.1, -0.05) is 39.3 Å². The average molecular weight is 293 g/mol. The second kappa shape index (κ2) is 5.70. The molecule has 21 heavy (non-hydrogen) atoms. The van der Waals surface area contributed by atoms with Crippen LogP contribution < -0.4 is 0 Å². The Morgan fingerprint density at radius 2 is 1.90 bits per heavy atom. The second-order valence-electron chi connectivity index (χ2n) is 9.01. The van der Waals surface area contributed by atoms with Gasteiger partial charge < -0.3 is 5.11 Å². The van der Waals surface area contributed by atoms with E-state index in [2.05, 4.69) is 53.0 Å². The summed E-state index contributed by atoms with van der Waals surface area (Å²) in [4.78, 5) is 2.62. The zero-order chi connectivity index (χ0) is 16.0. The van der Waals surface area contributed by atoms with Crippen molar-refractivity contribution in [2.45, 2.75) is 72.4 Å². The summed E-state index contributed by atoms with van der Waals surface area (Å²) < 4.78 is 0. The fourth-order valence-electron chi connectivity index (χ4n) is 4.81. The van der Waals surface area contributed by atoms with Crippen molar-refractivity contribution in [3.63, 3.8) is 0 Å². The minimum absolute atomic E-state index is 0.0705. The quantitative estimate of drug-likeness (QED) is 0.792. The van der Waals surface area contributed by atoms with Gasteiger partial charge in [0.05, 0.1) is 6.10 Å². The molecule has 0 spiro atoms. The van der Waals surface area contributed by atoms with Gasteiger partial charge in [0.25, 0.3) is 0 Å². The Morgan fingerprint density at radius 3 is 2.38 bits per heavy atom. The highest BCUT2D eigenvalue weighted by Gasteiger charge is 2.49. The molecule has 0 aromatic rings. The van der Waals surface area contributed by atoms with Crippen LogP contribution in [0, 0.1) is 23.2 Å². The molecule has 4 atom stereocenters. The monoisotopic (exact) mass is 293 g/mol. The lowest BCUT2D eigenvalue weighted by atomic mass is 9.71. The number of rotatable bonds is 3. The van der Waals surface area contributed by atoms with Gasteiger partial charge in [-0.25, -0.2) is 0 Å². The molecule has 2 fully saturated rings. The maximum atomic E-state index is 10.6. The van der Waals surface area contributed by atoms with E-state index in [1.807, 2.05) is 0 Å². The van der Waals surface area contributed by atoms with Crippen LogP contribution in [0.4, 0.5) is 0 Å². The van der Waals surface area contributed by atoms with Crippen molar-refractivity contribution in [1.29, 1.82) is 0 Å². The largest absolute Gasteiger partial charge is 0.393 e. The summed E-state index contributed by atoms with van der Waals surface area (Å²) in [5.41, 5.74) is 1.66. The van der Waals surface area contributed by atoms with E-state index in [1.165, 1.54) is 12.0 Å². The fourth-order valence-corrected chi connectivity index (χ4v) is 4.81. The number of hydrogen-bond acceptors (Lipinski definition) is 2. The highest BCUT2D eigenvalue weighted by Crippen LogP contribution is 2.46. The van der Waals surface area contributed by atoms with Crippen molar-refractivity contribution < 1.29 is 5.11 Å². The normalized spacial score (nSPS) is 37.7. The van der Waals surface area contributed by atoms with Crippen LogP contribution in [-0.4, -0.2) is 34.7 Å². The molecule has 2 nitrogen and oxygen atoms in total. The molecule has 122 valence electrons. The van der Waals surface area contributed by atoms with Gasteiger partial charge in [0, 0.05) is 24.5 Å². The SMILES string of the molecule is C=C(C)[C@H]1CN(C(C)(C)[C@@H]2CC[C@@H](C)C[C@H]2O)CC1(C)C.